The maximum Gasteiger partial charge on any atom is 0.241 e. The Hall–Kier alpha value is -2.48. The third-order valence-corrected chi connectivity index (χ3v) is 5.08. The first kappa shape index (κ1) is 19.3. The highest BCUT2D eigenvalue weighted by Crippen LogP contribution is 2.18. The summed E-state index contributed by atoms with van der Waals surface area (Å²) in [6, 6.07) is 5.78. The molecule has 1 aliphatic rings. The molecule has 1 fully saturated rings. The topological polar surface area (TPSA) is 89.1 Å². The third-order valence-electron chi connectivity index (χ3n) is 5.08. The number of hydrogen-bond donors (Lipinski definition) is 2. The number of nitrogens with two attached hydrogens (primary N) is 1. The summed E-state index contributed by atoms with van der Waals surface area (Å²) >= 11 is 0. The van der Waals surface area contributed by atoms with Crippen LogP contribution in [-0.4, -0.2) is 51.6 Å². The van der Waals surface area contributed by atoms with Crippen LogP contribution in [0.4, 0.5) is 16.3 Å². The lowest BCUT2D eigenvalue weighted by molar-refractivity contribution is 0.0970. The first-order valence-electron chi connectivity index (χ1n) is 9.43. The summed E-state index contributed by atoms with van der Waals surface area (Å²) in [4.78, 5) is 18.7. The van der Waals surface area contributed by atoms with Gasteiger partial charge in [-0.1, -0.05) is 0 Å². The van der Waals surface area contributed by atoms with E-state index in [9.17, 15) is 9.18 Å². The molecule has 3 N–H and O–H groups in total. The molecule has 27 heavy (non-hydrogen) atoms. The Morgan fingerprint density at radius 3 is 2.63 bits per heavy atom. The van der Waals surface area contributed by atoms with Gasteiger partial charge in [-0.15, -0.1) is 5.10 Å². The third kappa shape index (κ3) is 5.50. The first-order valence-corrected chi connectivity index (χ1v) is 9.43. The minimum Gasteiger partial charge on any atom is -0.366 e. The van der Waals surface area contributed by atoms with Gasteiger partial charge in [0.25, 0.3) is 0 Å². The van der Waals surface area contributed by atoms with E-state index in [0.29, 0.717) is 23.9 Å². The van der Waals surface area contributed by atoms with Gasteiger partial charge >= 0.3 is 0 Å². The summed E-state index contributed by atoms with van der Waals surface area (Å²) in [5, 5.41) is 7.35. The van der Waals surface area contributed by atoms with Crippen LogP contribution in [0.2, 0.25) is 0 Å². The molecular weight excluding hydrogens is 347 g/mol. The molecule has 0 amide bonds. The summed E-state index contributed by atoms with van der Waals surface area (Å²) in [6.45, 7) is 3.87. The van der Waals surface area contributed by atoms with Gasteiger partial charge in [0.2, 0.25) is 11.9 Å². The van der Waals surface area contributed by atoms with E-state index in [1.165, 1.54) is 12.1 Å². The zero-order chi connectivity index (χ0) is 19.2. The van der Waals surface area contributed by atoms with Crippen molar-refractivity contribution in [1.82, 2.24) is 19.7 Å². The van der Waals surface area contributed by atoms with Crippen LogP contribution in [-0.2, 0) is 7.05 Å². The number of aromatic nitrogens is 3. The molecule has 1 aromatic carbocycles. The summed E-state index contributed by atoms with van der Waals surface area (Å²) in [5.41, 5.74) is 6.18. The van der Waals surface area contributed by atoms with Gasteiger partial charge in [-0.2, -0.15) is 4.98 Å². The number of rotatable bonds is 8. The van der Waals surface area contributed by atoms with Crippen LogP contribution in [0.5, 0.6) is 0 Å². The Kier molecular flexibility index (Phi) is 6.39. The number of nitrogens with zero attached hydrogens (tertiary/aromatic N) is 4. The van der Waals surface area contributed by atoms with Crippen LogP contribution < -0.4 is 11.1 Å². The Labute approximate surface area is 158 Å². The fraction of sp³-hybridized carbons (Fsp3) is 0.526. The second-order valence-corrected chi connectivity index (χ2v) is 7.12. The molecular formula is C19H27FN6O. The van der Waals surface area contributed by atoms with Crippen LogP contribution in [0, 0.1) is 11.7 Å². The van der Waals surface area contributed by atoms with Gasteiger partial charge in [0.15, 0.2) is 5.78 Å². The molecule has 0 bridgehead atoms. The number of benzene rings is 1. The molecule has 146 valence electrons. The number of hydrogen-bond acceptors (Lipinski definition) is 6. The lowest BCUT2D eigenvalue weighted by Gasteiger charge is -2.32. The fourth-order valence-electron chi connectivity index (χ4n) is 3.45. The molecule has 2 aromatic rings. The maximum absolute atomic E-state index is 12.9. The number of halogens is 1. The number of likely N-dealkylation sites (tertiary alicyclic amines) is 1. The van der Waals surface area contributed by atoms with Crippen molar-refractivity contribution in [3.05, 3.63) is 35.6 Å². The smallest absolute Gasteiger partial charge is 0.241 e. The van der Waals surface area contributed by atoms with Crippen molar-refractivity contribution in [3.63, 3.8) is 0 Å². The van der Waals surface area contributed by atoms with E-state index in [0.717, 1.165) is 45.4 Å². The predicted octanol–water partition coefficient (Wildman–Crippen LogP) is 2.32. The SMILES string of the molecule is Cn1nc(N)nc1NCC1CCN(CCCC(=O)c2ccc(F)cc2)CC1. The molecule has 3 rings (SSSR count). The number of anilines is 2. The number of aryl methyl sites for hydroxylation is 1. The minimum absolute atomic E-state index is 0.0806. The van der Waals surface area contributed by atoms with Crippen LogP contribution in [0.15, 0.2) is 24.3 Å². The zero-order valence-corrected chi connectivity index (χ0v) is 15.7. The van der Waals surface area contributed by atoms with Crippen molar-refractivity contribution < 1.29 is 9.18 Å². The average Bonchev–Trinajstić information content (AvgIpc) is 2.99. The summed E-state index contributed by atoms with van der Waals surface area (Å²) in [5.74, 6) is 1.35. The Morgan fingerprint density at radius 1 is 1.30 bits per heavy atom. The molecule has 7 nitrogen and oxygen atoms in total. The predicted molar refractivity (Wildman–Crippen MR) is 103 cm³/mol. The Bertz CT molecular complexity index is 752. The highest BCUT2D eigenvalue weighted by atomic mass is 19.1. The number of Topliss-reactive ketones (excluding diaryl/α,β-unsaturated/α-hetero) is 1. The van der Waals surface area contributed by atoms with Crippen molar-refractivity contribution in [2.24, 2.45) is 13.0 Å². The summed E-state index contributed by atoms with van der Waals surface area (Å²) in [7, 11) is 1.82. The van der Waals surface area contributed by atoms with Gasteiger partial charge in [0, 0.05) is 25.6 Å². The number of carbonyl (C=O) groups is 1. The monoisotopic (exact) mass is 374 g/mol. The van der Waals surface area contributed by atoms with Crippen molar-refractivity contribution >= 4 is 17.7 Å². The lowest BCUT2D eigenvalue weighted by atomic mass is 9.96. The van der Waals surface area contributed by atoms with Crippen molar-refractivity contribution in [2.75, 3.05) is 37.2 Å². The average molecular weight is 374 g/mol. The molecule has 0 aliphatic carbocycles. The van der Waals surface area contributed by atoms with E-state index in [1.54, 1.807) is 16.8 Å². The number of nitrogens with one attached hydrogen (secondary N) is 1. The molecule has 0 unspecified atom stereocenters. The maximum atomic E-state index is 12.9. The first-order chi connectivity index (χ1) is 13.0. The number of carbonyl (C=O) groups excluding carboxylic acids is 1. The van der Waals surface area contributed by atoms with E-state index >= 15 is 0 Å². The van der Waals surface area contributed by atoms with E-state index in [1.807, 2.05) is 7.05 Å². The lowest BCUT2D eigenvalue weighted by Crippen LogP contribution is -2.36. The van der Waals surface area contributed by atoms with Crippen molar-refractivity contribution in [2.45, 2.75) is 25.7 Å². The Balaban J connectivity index is 1.33. The van der Waals surface area contributed by atoms with Crippen LogP contribution >= 0.6 is 0 Å². The molecule has 8 heteroatoms. The van der Waals surface area contributed by atoms with Crippen molar-refractivity contribution in [1.29, 1.82) is 0 Å². The number of piperidine rings is 1. The van der Waals surface area contributed by atoms with E-state index in [-0.39, 0.29) is 17.5 Å². The largest absolute Gasteiger partial charge is 0.366 e. The van der Waals surface area contributed by atoms with Gasteiger partial charge in [-0.3, -0.25) is 4.79 Å². The minimum atomic E-state index is -0.313. The molecule has 1 aromatic heterocycles. The molecule has 0 spiro atoms. The standard InChI is InChI=1S/C19H27FN6O/c1-25-19(23-18(21)24-25)22-13-14-8-11-26(12-9-14)10-2-3-17(27)15-4-6-16(20)7-5-15/h4-7,14H,2-3,8-13H2,1H3,(H3,21,22,23,24). The van der Waals surface area contributed by atoms with Gasteiger partial charge in [0.05, 0.1) is 0 Å². The second-order valence-electron chi connectivity index (χ2n) is 7.12. The molecule has 0 saturated carbocycles. The van der Waals surface area contributed by atoms with E-state index in [4.69, 9.17) is 5.73 Å². The number of nitrogen functional groups attached to an aromatic ring is 1. The number of ketones is 1. The quantitative estimate of drug-likeness (QED) is 0.690. The highest BCUT2D eigenvalue weighted by Gasteiger charge is 2.19. The van der Waals surface area contributed by atoms with E-state index < -0.39 is 0 Å². The molecule has 0 atom stereocenters. The second kappa shape index (κ2) is 8.94. The summed E-state index contributed by atoms with van der Waals surface area (Å²) < 4.78 is 14.6. The normalized spacial score (nSPS) is 15.8. The molecule has 1 saturated heterocycles. The van der Waals surface area contributed by atoms with Gasteiger partial charge in [-0.25, -0.2) is 9.07 Å². The summed E-state index contributed by atoms with van der Waals surface area (Å²) in [6.07, 6.45) is 3.57. The van der Waals surface area contributed by atoms with E-state index in [2.05, 4.69) is 20.3 Å². The van der Waals surface area contributed by atoms with Crippen LogP contribution in [0.3, 0.4) is 0 Å². The molecule has 2 heterocycles. The van der Waals surface area contributed by atoms with Gasteiger partial charge in [-0.05, 0) is 69.1 Å². The van der Waals surface area contributed by atoms with Crippen LogP contribution in [0.25, 0.3) is 0 Å². The van der Waals surface area contributed by atoms with Gasteiger partial charge < -0.3 is 16.0 Å². The molecule has 1 aliphatic heterocycles. The van der Waals surface area contributed by atoms with Gasteiger partial charge in [0.1, 0.15) is 5.82 Å². The fourth-order valence-corrected chi connectivity index (χ4v) is 3.45. The van der Waals surface area contributed by atoms with Crippen LogP contribution in [0.1, 0.15) is 36.0 Å². The molecule has 0 radical (unpaired) electrons. The van der Waals surface area contributed by atoms with Crippen molar-refractivity contribution in [3.8, 4) is 0 Å². The highest BCUT2D eigenvalue weighted by molar-refractivity contribution is 5.95. The Morgan fingerprint density at radius 2 is 2.00 bits per heavy atom. The zero-order valence-electron chi connectivity index (χ0n) is 15.7.